The number of amides is 1. The second kappa shape index (κ2) is 10.7. The number of halogens is 1. The van der Waals surface area contributed by atoms with Crippen LogP contribution in [0.15, 0.2) is 71.5 Å². The van der Waals surface area contributed by atoms with Gasteiger partial charge < -0.3 is 5.32 Å². The molecule has 0 fully saturated rings. The summed E-state index contributed by atoms with van der Waals surface area (Å²) in [5, 5.41) is 4.08. The van der Waals surface area contributed by atoms with Gasteiger partial charge in [0.1, 0.15) is 5.82 Å². The molecule has 34 heavy (non-hydrogen) atoms. The van der Waals surface area contributed by atoms with E-state index in [1.807, 2.05) is 55.5 Å². The quantitative estimate of drug-likeness (QED) is 0.319. The van der Waals surface area contributed by atoms with Crippen LogP contribution in [-0.4, -0.2) is 15.5 Å². The molecule has 0 atom stereocenters. The van der Waals surface area contributed by atoms with E-state index in [0.29, 0.717) is 41.0 Å². The lowest BCUT2D eigenvalue weighted by Crippen LogP contribution is -2.26. The lowest BCUT2D eigenvalue weighted by Gasteiger charge is -2.14. The molecular weight excluding hydrogens is 446 g/mol. The summed E-state index contributed by atoms with van der Waals surface area (Å²) in [6.45, 7) is 4.45. The van der Waals surface area contributed by atoms with Crippen LogP contribution in [0.5, 0.6) is 0 Å². The van der Waals surface area contributed by atoms with Crippen LogP contribution in [0.4, 0.5) is 5.69 Å². The van der Waals surface area contributed by atoms with Crippen molar-refractivity contribution in [1.82, 2.24) is 9.55 Å². The molecule has 3 aromatic carbocycles. The summed E-state index contributed by atoms with van der Waals surface area (Å²) in [5.41, 5.74) is 4.17. The number of hydrogen-bond donors (Lipinski definition) is 1. The molecule has 0 spiro atoms. The maximum Gasteiger partial charge on any atom is 0.261 e. The standard InChI is InChI=1S/C28H28ClN3O2/c1-3-7-26-31-25-16-15-21(30-27(33)8-4-2)17-23(25)28(34)32(26)18-19-11-13-20(14-12-19)22-9-5-6-10-24(22)29/h5-6,9-17H,3-4,7-8,18H2,1-2H3,(H,30,33). The number of carbonyl (C=O) groups excluding carboxylic acids is 1. The number of aromatic nitrogens is 2. The molecule has 0 unspecified atom stereocenters. The molecule has 1 aromatic heterocycles. The number of benzene rings is 3. The third-order valence-electron chi connectivity index (χ3n) is 5.75. The average Bonchev–Trinajstić information content (AvgIpc) is 2.83. The maximum atomic E-state index is 13.5. The first-order valence-corrected chi connectivity index (χ1v) is 12.0. The van der Waals surface area contributed by atoms with Crippen LogP contribution in [0.2, 0.25) is 5.02 Å². The zero-order chi connectivity index (χ0) is 24.1. The molecule has 0 radical (unpaired) electrons. The van der Waals surface area contributed by atoms with Crippen molar-refractivity contribution in [2.75, 3.05) is 5.32 Å². The first-order valence-electron chi connectivity index (χ1n) is 11.7. The lowest BCUT2D eigenvalue weighted by molar-refractivity contribution is -0.116. The van der Waals surface area contributed by atoms with Crippen molar-refractivity contribution in [2.45, 2.75) is 46.1 Å². The predicted octanol–water partition coefficient (Wildman–Crippen LogP) is 6.46. The Morgan fingerprint density at radius 1 is 1.00 bits per heavy atom. The van der Waals surface area contributed by atoms with E-state index < -0.39 is 0 Å². The van der Waals surface area contributed by atoms with E-state index in [9.17, 15) is 9.59 Å². The molecule has 1 heterocycles. The molecule has 0 saturated heterocycles. The Morgan fingerprint density at radius 2 is 1.76 bits per heavy atom. The van der Waals surface area contributed by atoms with Crippen molar-refractivity contribution in [2.24, 2.45) is 0 Å². The van der Waals surface area contributed by atoms with Gasteiger partial charge in [-0.05, 0) is 48.2 Å². The molecule has 1 amide bonds. The van der Waals surface area contributed by atoms with Crippen molar-refractivity contribution >= 4 is 34.1 Å². The molecular formula is C28H28ClN3O2. The Hall–Kier alpha value is -3.44. The Morgan fingerprint density at radius 3 is 2.47 bits per heavy atom. The van der Waals surface area contributed by atoms with Crippen LogP contribution >= 0.6 is 11.6 Å². The highest BCUT2D eigenvalue weighted by atomic mass is 35.5. The molecule has 174 valence electrons. The predicted molar refractivity (Wildman–Crippen MR) is 140 cm³/mol. The number of nitrogens with one attached hydrogen (secondary N) is 1. The van der Waals surface area contributed by atoms with Gasteiger partial charge >= 0.3 is 0 Å². The van der Waals surface area contributed by atoms with Crippen LogP contribution in [0.1, 0.15) is 44.5 Å². The summed E-state index contributed by atoms with van der Waals surface area (Å²) in [6.07, 6.45) is 2.80. The second-order valence-electron chi connectivity index (χ2n) is 8.38. The summed E-state index contributed by atoms with van der Waals surface area (Å²) >= 11 is 6.34. The number of anilines is 1. The van der Waals surface area contributed by atoms with Gasteiger partial charge in [0.05, 0.1) is 17.4 Å². The van der Waals surface area contributed by atoms with Gasteiger partial charge in [-0.2, -0.15) is 0 Å². The summed E-state index contributed by atoms with van der Waals surface area (Å²) in [4.78, 5) is 30.3. The number of carbonyl (C=O) groups is 1. The smallest absolute Gasteiger partial charge is 0.261 e. The fourth-order valence-electron chi connectivity index (χ4n) is 4.04. The molecule has 0 bridgehead atoms. The van der Waals surface area contributed by atoms with Gasteiger partial charge in [0.15, 0.2) is 0 Å². The van der Waals surface area contributed by atoms with Gasteiger partial charge in [0, 0.05) is 29.1 Å². The minimum Gasteiger partial charge on any atom is -0.326 e. The fourth-order valence-corrected chi connectivity index (χ4v) is 4.29. The summed E-state index contributed by atoms with van der Waals surface area (Å²) in [7, 11) is 0. The SMILES string of the molecule is CCCC(=O)Nc1ccc2nc(CCC)n(Cc3ccc(-c4ccccc4Cl)cc3)c(=O)c2c1. The second-order valence-corrected chi connectivity index (χ2v) is 8.78. The Balaban J connectivity index is 1.69. The Kier molecular flexibility index (Phi) is 7.43. The molecule has 0 aliphatic carbocycles. The van der Waals surface area contributed by atoms with Gasteiger partial charge in [-0.15, -0.1) is 0 Å². The van der Waals surface area contributed by atoms with E-state index in [2.05, 4.69) is 12.2 Å². The van der Waals surface area contributed by atoms with Crippen LogP contribution < -0.4 is 10.9 Å². The third kappa shape index (κ3) is 5.20. The third-order valence-corrected chi connectivity index (χ3v) is 6.08. The van der Waals surface area contributed by atoms with Gasteiger partial charge in [-0.1, -0.05) is 67.9 Å². The van der Waals surface area contributed by atoms with Crippen molar-refractivity contribution in [3.63, 3.8) is 0 Å². The highest BCUT2D eigenvalue weighted by Crippen LogP contribution is 2.27. The van der Waals surface area contributed by atoms with E-state index in [1.54, 1.807) is 22.8 Å². The van der Waals surface area contributed by atoms with Crippen LogP contribution in [0.25, 0.3) is 22.0 Å². The van der Waals surface area contributed by atoms with Crippen molar-refractivity contribution in [1.29, 1.82) is 0 Å². The lowest BCUT2D eigenvalue weighted by atomic mass is 10.0. The van der Waals surface area contributed by atoms with E-state index in [0.717, 1.165) is 35.4 Å². The van der Waals surface area contributed by atoms with Crippen molar-refractivity contribution < 1.29 is 4.79 Å². The monoisotopic (exact) mass is 473 g/mol. The average molecular weight is 474 g/mol. The van der Waals surface area contributed by atoms with Gasteiger partial charge in [-0.25, -0.2) is 4.98 Å². The van der Waals surface area contributed by atoms with Crippen LogP contribution in [0.3, 0.4) is 0 Å². The fraction of sp³-hybridized carbons (Fsp3) is 0.250. The molecule has 0 saturated carbocycles. The normalized spacial score (nSPS) is 11.0. The summed E-state index contributed by atoms with van der Waals surface area (Å²) in [5.74, 6) is 0.703. The zero-order valence-electron chi connectivity index (χ0n) is 19.5. The molecule has 4 rings (SSSR count). The van der Waals surface area contributed by atoms with E-state index in [4.69, 9.17) is 16.6 Å². The van der Waals surface area contributed by atoms with Crippen molar-refractivity contribution in [3.8, 4) is 11.1 Å². The minimum atomic E-state index is -0.102. The highest BCUT2D eigenvalue weighted by Gasteiger charge is 2.13. The molecule has 4 aromatic rings. The summed E-state index contributed by atoms with van der Waals surface area (Å²) < 4.78 is 1.74. The number of nitrogens with zero attached hydrogens (tertiary/aromatic N) is 2. The van der Waals surface area contributed by atoms with Crippen molar-refractivity contribution in [3.05, 3.63) is 93.5 Å². The number of rotatable bonds is 8. The first kappa shape index (κ1) is 23.7. The first-order chi connectivity index (χ1) is 16.5. The Bertz CT molecular complexity index is 1380. The van der Waals surface area contributed by atoms with Crippen LogP contribution in [0, 0.1) is 0 Å². The molecule has 1 N–H and O–H groups in total. The molecule has 5 nitrogen and oxygen atoms in total. The van der Waals surface area contributed by atoms with E-state index in [-0.39, 0.29) is 11.5 Å². The molecule has 6 heteroatoms. The highest BCUT2D eigenvalue weighted by molar-refractivity contribution is 6.33. The minimum absolute atomic E-state index is 0.0589. The van der Waals surface area contributed by atoms with E-state index in [1.165, 1.54) is 0 Å². The number of aryl methyl sites for hydroxylation is 1. The zero-order valence-corrected chi connectivity index (χ0v) is 20.2. The summed E-state index contributed by atoms with van der Waals surface area (Å²) in [6, 6.07) is 21.2. The molecule has 0 aliphatic heterocycles. The number of hydrogen-bond acceptors (Lipinski definition) is 3. The maximum absolute atomic E-state index is 13.5. The van der Waals surface area contributed by atoms with Crippen LogP contribution in [-0.2, 0) is 17.8 Å². The largest absolute Gasteiger partial charge is 0.326 e. The molecule has 0 aliphatic rings. The Labute approximate surface area is 204 Å². The van der Waals surface area contributed by atoms with Gasteiger partial charge in [-0.3, -0.25) is 14.2 Å². The number of fused-ring (bicyclic) bond motifs is 1. The topological polar surface area (TPSA) is 64.0 Å². The van der Waals surface area contributed by atoms with E-state index >= 15 is 0 Å². The van der Waals surface area contributed by atoms with Gasteiger partial charge in [0.25, 0.3) is 5.56 Å². The van der Waals surface area contributed by atoms with Gasteiger partial charge in [0.2, 0.25) is 5.91 Å².